The summed E-state index contributed by atoms with van der Waals surface area (Å²) in [6.07, 6.45) is 5.44. The van der Waals surface area contributed by atoms with E-state index in [0.29, 0.717) is 13.0 Å². The summed E-state index contributed by atoms with van der Waals surface area (Å²) in [5.41, 5.74) is 0. The minimum absolute atomic E-state index is 0.0173. The molecule has 0 bridgehead atoms. The molecule has 1 saturated heterocycles. The van der Waals surface area contributed by atoms with Gasteiger partial charge in [0.15, 0.2) is 0 Å². The summed E-state index contributed by atoms with van der Waals surface area (Å²) in [5.74, 6) is 2.20. The van der Waals surface area contributed by atoms with Gasteiger partial charge >= 0.3 is 0 Å². The van der Waals surface area contributed by atoms with Crippen molar-refractivity contribution in [3.05, 3.63) is 0 Å². The van der Waals surface area contributed by atoms with E-state index in [1.165, 1.54) is 0 Å². The SMILES string of the molecule is C#CCNC(=O)C(C)NC1CNC(=O)C1. The second kappa shape index (κ2) is 5.37. The van der Waals surface area contributed by atoms with Crippen molar-refractivity contribution in [2.75, 3.05) is 13.1 Å². The molecule has 1 heterocycles. The molecule has 82 valence electrons. The van der Waals surface area contributed by atoms with Crippen LogP contribution in [0.25, 0.3) is 0 Å². The maximum Gasteiger partial charge on any atom is 0.237 e. The zero-order chi connectivity index (χ0) is 11.3. The highest BCUT2D eigenvalue weighted by Crippen LogP contribution is 2.00. The van der Waals surface area contributed by atoms with Gasteiger partial charge in [0.05, 0.1) is 12.6 Å². The Balaban J connectivity index is 2.29. The van der Waals surface area contributed by atoms with Crippen molar-refractivity contribution in [3.8, 4) is 12.3 Å². The predicted octanol–water partition coefficient (Wildman–Crippen LogP) is -1.40. The molecule has 1 fully saturated rings. The van der Waals surface area contributed by atoms with Gasteiger partial charge in [-0.2, -0.15) is 0 Å². The Morgan fingerprint density at radius 3 is 3.07 bits per heavy atom. The molecule has 5 heteroatoms. The van der Waals surface area contributed by atoms with Crippen LogP contribution in [-0.2, 0) is 9.59 Å². The monoisotopic (exact) mass is 209 g/mol. The van der Waals surface area contributed by atoms with E-state index in [9.17, 15) is 9.59 Å². The minimum atomic E-state index is -0.337. The van der Waals surface area contributed by atoms with E-state index in [4.69, 9.17) is 6.42 Å². The van der Waals surface area contributed by atoms with Crippen LogP contribution in [0.2, 0.25) is 0 Å². The van der Waals surface area contributed by atoms with Crippen LogP contribution in [0.4, 0.5) is 0 Å². The fourth-order valence-electron chi connectivity index (χ4n) is 1.44. The van der Waals surface area contributed by atoms with Crippen LogP contribution in [0.15, 0.2) is 0 Å². The molecule has 1 aliphatic heterocycles. The molecule has 0 radical (unpaired) electrons. The lowest BCUT2D eigenvalue weighted by Crippen LogP contribution is -2.47. The van der Waals surface area contributed by atoms with Crippen LogP contribution in [-0.4, -0.2) is 37.0 Å². The molecular formula is C10H15N3O2. The van der Waals surface area contributed by atoms with Gasteiger partial charge < -0.3 is 16.0 Å². The molecule has 2 unspecified atom stereocenters. The molecule has 0 spiro atoms. The van der Waals surface area contributed by atoms with Crippen LogP contribution in [0.1, 0.15) is 13.3 Å². The second-order valence-corrected chi connectivity index (χ2v) is 3.52. The molecule has 3 N–H and O–H groups in total. The third-order valence-electron chi connectivity index (χ3n) is 2.22. The molecule has 0 aromatic heterocycles. The maximum atomic E-state index is 11.4. The fourth-order valence-corrected chi connectivity index (χ4v) is 1.44. The highest BCUT2D eigenvalue weighted by atomic mass is 16.2. The maximum absolute atomic E-state index is 11.4. The molecule has 1 aliphatic rings. The number of hydrogen-bond donors (Lipinski definition) is 3. The number of rotatable bonds is 4. The van der Waals surface area contributed by atoms with Crippen LogP contribution in [0.5, 0.6) is 0 Å². The number of amides is 2. The first-order chi connectivity index (χ1) is 7.13. The summed E-state index contributed by atoms with van der Waals surface area (Å²) in [7, 11) is 0. The molecule has 1 rings (SSSR count). The van der Waals surface area contributed by atoms with Crippen LogP contribution < -0.4 is 16.0 Å². The molecule has 0 aromatic carbocycles. The fraction of sp³-hybridized carbons (Fsp3) is 0.600. The smallest absolute Gasteiger partial charge is 0.237 e. The van der Waals surface area contributed by atoms with Gasteiger partial charge in [0.2, 0.25) is 11.8 Å². The molecule has 15 heavy (non-hydrogen) atoms. The van der Waals surface area contributed by atoms with Gasteiger partial charge in [-0.3, -0.25) is 9.59 Å². The first-order valence-corrected chi connectivity index (χ1v) is 4.87. The Bertz CT molecular complexity index is 296. The number of nitrogens with one attached hydrogen (secondary N) is 3. The molecule has 2 amide bonds. The van der Waals surface area contributed by atoms with E-state index in [1.807, 2.05) is 0 Å². The number of carbonyl (C=O) groups is 2. The van der Waals surface area contributed by atoms with Gasteiger partial charge in [-0.1, -0.05) is 5.92 Å². The van der Waals surface area contributed by atoms with Crippen LogP contribution in [0.3, 0.4) is 0 Å². The van der Waals surface area contributed by atoms with Gasteiger partial charge in [0.1, 0.15) is 0 Å². The van der Waals surface area contributed by atoms with Gasteiger partial charge in [0.25, 0.3) is 0 Å². The van der Waals surface area contributed by atoms with Gasteiger partial charge in [0, 0.05) is 19.0 Å². The predicted molar refractivity (Wildman–Crippen MR) is 55.9 cm³/mol. The Morgan fingerprint density at radius 2 is 2.53 bits per heavy atom. The molecule has 0 saturated carbocycles. The lowest BCUT2D eigenvalue weighted by atomic mass is 10.2. The largest absolute Gasteiger partial charge is 0.354 e. The summed E-state index contributed by atoms with van der Waals surface area (Å²) >= 11 is 0. The van der Waals surface area contributed by atoms with Crippen molar-refractivity contribution in [2.45, 2.75) is 25.4 Å². The third-order valence-corrected chi connectivity index (χ3v) is 2.22. The van der Waals surface area contributed by atoms with Gasteiger partial charge in [-0.25, -0.2) is 0 Å². The summed E-state index contributed by atoms with van der Waals surface area (Å²) in [6, 6.07) is -0.305. The average molecular weight is 209 g/mol. The Labute approximate surface area is 89.0 Å². The van der Waals surface area contributed by atoms with Crippen molar-refractivity contribution in [2.24, 2.45) is 0 Å². The zero-order valence-corrected chi connectivity index (χ0v) is 8.67. The van der Waals surface area contributed by atoms with E-state index >= 15 is 0 Å². The van der Waals surface area contributed by atoms with Crippen LogP contribution in [0, 0.1) is 12.3 Å². The van der Waals surface area contributed by atoms with E-state index in [-0.39, 0.29) is 30.4 Å². The molecule has 0 aromatic rings. The minimum Gasteiger partial charge on any atom is -0.354 e. The van der Waals surface area contributed by atoms with Crippen molar-refractivity contribution < 1.29 is 9.59 Å². The highest BCUT2D eigenvalue weighted by molar-refractivity contribution is 5.82. The van der Waals surface area contributed by atoms with Crippen molar-refractivity contribution in [1.82, 2.24) is 16.0 Å². The number of terminal acetylenes is 1. The summed E-state index contributed by atoms with van der Waals surface area (Å²) < 4.78 is 0. The van der Waals surface area contributed by atoms with E-state index in [2.05, 4.69) is 21.9 Å². The standard InChI is InChI=1S/C10H15N3O2/c1-3-4-11-10(15)7(2)13-8-5-9(14)12-6-8/h1,7-8,13H,4-6H2,2H3,(H,11,15)(H,12,14). The van der Waals surface area contributed by atoms with E-state index in [1.54, 1.807) is 6.92 Å². The average Bonchev–Trinajstić information content (AvgIpc) is 2.60. The zero-order valence-electron chi connectivity index (χ0n) is 8.67. The Morgan fingerprint density at radius 1 is 1.80 bits per heavy atom. The second-order valence-electron chi connectivity index (χ2n) is 3.52. The third kappa shape index (κ3) is 3.60. The topological polar surface area (TPSA) is 70.2 Å². The number of carbonyl (C=O) groups excluding carboxylic acids is 2. The van der Waals surface area contributed by atoms with E-state index in [0.717, 1.165) is 0 Å². The number of hydrogen-bond acceptors (Lipinski definition) is 3. The summed E-state index contributed by atoms with van der Waals surface area (Å²) in [6.45, 7) is 2.55. The first kappa shape index (κ1) is 11.5. The summed E-state index contributed by atoms with van der Waals surface area (Å²) in [5, 5.41) is 8.32. The highest BCUT2D eigenvalue weighted by Gasteiger charge is 2.24. The lowest BCUT2D eigenvalue weighted by Gasteiger charge is -2.16. The lowest BCUT2D eigenvalue weighted by molar-refractivity contribution is -0.123. The Kier molecular flexibility index (Phi) is 4.13. The normalized spacial score (nSPS) is 21.6. The molecule has 0 aliphatic carbocycles. The van der Waals surface area contributed by atoms with Crippen molar-refractivity contribution in [1.29, 1.82) is 0 Å². The van der Waals surface area contributed by atoms with Gasteiger partial charge in [-0.15, -0.1) is 6.42 Å². The molecule has 2 atom stereocenters. The van der Waals surface area contributed by atoms with Gasteiger partial charge in [-0.05, 0) is 6.92 Å². The Hall–Kier alpha value is -1.54. The van der Waals surface area contributed by atoms with Crippen molar-refractivity contribution in [3.63, 3.8) is 0 Å². The quantitative estimate of drug-likeness (QED) is 0.499. The first-order valence-electron chi connectivity index (χ1n) is 4.87. The summed E-state index contributed by atoms with van der Waals surface area (Å²) in [4.78, 5) is 22.3. The van der Waals surface area contributed by atoms with Crippen molar-refractivity contribution >= 4 is 11.8 Å². The van der Waals surface area contributed by atoms with Crippen LogP contribution >= 0.6 is 0 Å². The molecule has 5 nitrogen and oxygen atoms in total. The van der Waals surface area contributed by atoms with E-state index < -0.39 is 0 Å². The molecular weight excluding hydrogens is 194 g/mol.